The minimum Gasteiger partial charge on any atom is -0.303 e. The first-order valence-electron chi connectivity index (χ1n) is 17.3. The van der Waals surface area contributed by atoms with Crippen molar-refractivity contribution < 1.29 is 4.79 Å². The van der Waals surface area contributed by atoms with Gasteiger partial charge in [0.05, 0.1) is 0 Å². The lowest BCUT2D eigenvalue weighted by Gasteiger charge is -2.49. The topological polar surface area (TPSA) is 17.1 Å². The van der Waals surface area contributed by atoms with Crippen LogP contribution >= 0.6 is 0 Å². The minimum atomic E-state index is -0.0316. The van der Waals surface area contributed by atoms with E-state index in [0.717, 1.165) is 0 Å². The number of rotatable bonds is 4. The summed E-state index contributed by atoms with van der Waals surface area (Å²) in [4.78, 5) is 13.8. The van der Waals surface area contributed by atoms with Gasteiger partial charge in [0.2, 0.25) is 0 Å². The predicted octanol–water partition coefficient (Wildman–Crippen LogP) is 11.8. The van der Waals surface area contributed by atoms with Gasteiger partial charge in [0, 0.05) is 5.41 Å². The molecule has 3 rings (SSSR count). The number of hydrogen-bond acceptors (Lipinski definition) is 1. The highest BCUT2D eigenvalue weighted by Gasteiger charge is 2.49. The molecule has 0 aromatic rings. The third kappa shape index (κ3) is 10.1. The lowest BCUT2D eigenvalue weighted by atomic mass is 9.54. The molecule has 0 aromatic heterocycles. The van der Waals surface area contributed by atoms with Gasteiger partial charge in [-0.05, 0) is 56.3 Å². The Morgan fingerprint density at radius 3 is 0.639 bits per heavy atom. The van der Waals surface area contributed by atoms with Gasteiger partial charge in [0.1, 0.15) is 6.29 Å². The Labute approximate surface area is 226 Å². The van der Waals surface area contributed by atoms with Crippen LogP contribution in [0, 0.1) is 23.2 Å². The molecule has 0 aliphatic heterocycles. The first-order chi connectivity index (χ1) is 17.9. The highest BCUT2D eigenvalue weighted by atomic mass is 16.1. The van der Waals surface area contributed by atoms with Crippen LogP contribution in [0.3, 0.4) is 0 Å². The van der Waals surface area contributed by atoms with Crippen LogP contribution in [0.25, 0.3) is 0 Å². The van der Waals surface area contributed by atoms with Gasteiger partial charge in [-0.3, -0.25) is 0 Å². The maximum atomic E-state index is 13.8. The first kappa shape index (κ1) is 30.2. The molecule has 0 N–H and O–H groups in total. The highest BCUT2D eigenvalue weighted by Crippen LogP contribution is 2.53. The fourth-order valence-corrected chi connectivity index (χ4v) is 8.75. The molecular weight excluding hydrogens is 436 g/mol. The normalized spacial score (nSPS) is 26.1. The number of carbonyl (C=O) groups is 1. The van der Waals surface area contributed by atoms with Crippen molar-refractivity contribution >= 4 is 6.29 Å². The van der Waals surface area contributed by atoms with Crippen molar-refractivity contribution in [1.82, 2.24) is 0 Å². The van der Waals surface area contributed by atoms with Gasteiger partial charge in [0.25, 0.3) is 0 Å². The number of carbonyl (C=O) groups excluding carboxylic acids is 1. The molecule has 210 valence electrons. The van der Waals surface area contributed by atoms with Crippen LogP contribution in [0.4, 0.5) is 0 Å². The van der Waals surface area contributed by atoms with E-state index in [-0.39, 0.29) is 5.41 Å². The molecular formula is C35H64O. The van der Waals surface area contributed by atoms with Crippen molar-refractivity contribution in [3.8, 4) is 0 Å². The van der Waals surface area contributed by atoms with Crippen molar-refractivity contribution in [2.75, 3.05) is 0 Å². The number of aldehydes is 1. The molecule has 0 atom stereocenters. The molecule has 0 aromatic carbocycles. The van der Waals surface area contributed by atoms with E-state index in [9.17, 15) is 4.79 Å². The molecule has 1 heteroatoms. The van der Waals surface area contributed by atoms with Gasteiger partial charge in [0.15, 0.2) is 0 Å². The summed E-state index contributed by atoms with van der Waals surface area (Å²) in [5.41, 5.74) is -0.0316. The van der Waals surface area contributed by atoms with Crippen molar-refractivity contribution in [3.05, 3.63) is 0 Å². The van der Waals surface area contributed by atoms with E-state index in [4.69, 9.17) is 0 Å². The van der Waals surface area contributed by atoms with Crippen LogP contribution in [0.1, 0.15) is 193 Å². The van der Waals surface area contributed by atoms with Gasteiger partial charge in [-0.1, -0.05) is 154 Å². The molecule has 3 saturated carbocycles. The Morgan fingerprint density at radius 1 is 0.306 bits per heavy atom. The first-order valence-corrected chi connectivity index (χ1v) is 17.3. The lowest BCUT2D eigenvalue weighted by Crippen LogP contribution is -2.46. The predicted molar refractivity (Wildman–Crippen MR) is 157 cm³/mol. The zero-order valence-corrected chi connectivity index (χ0v) is 24.4. The van der Waals surface area contributed by atoms with E-state index in [1.807, 2.05) is 0 Å². The van der Waals surface area contributed by atoms with Gasteiger partial charge in [-0.25, -0.2) is 0 Å². The average molecular weight is 501 g/mol. The van der Waals surface area contributed by atoms with Gasteiger partial charge in [-0.15, -0.1) is 0 Å². The third-order valence-electron chi connectivity index (χ3n) is 10.9. The Hall–Kier alpha value is -0.330. The van der Waals surface area contributed by atoms with Crippen LogP contribution in [-0.4, -0.2) is 6.29 Å². The standard InChI is InChI=1S/C35H64O/c36-31-35(32-25-19-13-7-1-2-8-14-20-26-32,33-27-21-15-9-3-4-10-16-22-28-33)34-29-23-17-11-5-6-12-18-24-30-34/h31-34H,1-30H2. The van der Waals surface area contributed by atoms with E-state index < -0.39 is 0 Å². The van der Waals surface area contributed by atoms with Gasteiger partial charge < -0.3 is 4.79 Å². The summed E-state index contributed by atoms with van der Waals surface area (Å²) in [5, 5.41) is 0. The quantitative estimate of drug-likeness (QED) is 0.351. The summed E-state index contributed by atoms with van der Waals surface area (Å²) >= 11 is 0. The molecule has 0 radical (unpaired) electrons. The largest absolute Gasteiger partial charge is 0.303 e. The molecule has 0 bridgehead atoms. The molecule has 36 heavy (non-hydrogen) atoms. The van der Waals surface area contributed by atoms with E-state index in [1.165, 1.54) is 193 Å². The Balaban J connectivity index is 1.91. The van der Waals surface area contributed by atoms with Crippen molar-refractivity contribution in [3.63, 3.8) is 0 Å². The van der Waals surface area contributed by atoms with Crippen LogP contribution in [0.2, 0.25) is 0 Å². The lowest BCUT2D eigenvalue weighted by molar-refractivity contribution is -0.131. The fraction of sp³-hybridized carbons (Fsp3) is 0.971. The second kappa shape index (κ2) is 18.8. The van der Waals surface area contributed by atoms with Crippen molar-refractivity contribution in [2.45, 2.75) is 193 Å². The summed E-state index contributed by atoms with van der Waals surface area (Å²) in [7, 11) is 0. The molecule has 0 saturated heterocycles. The summed E-state index contributed by atoms with van der Waals surface area (Å²) in [5.74, 6) is 1.95. The van der Waals surface area contributed by atoms with Crippen LogP contribution in [-0.2, 0) is 4.79 Å². The van der Waals surface area contributed by atoms with Crippen LogP contribution < -0.4 is 0 Å². The molecule has 3 aliphatic rings. The molecule has 0 unspecified atom stereocenters. The highest BCUT2D eigenvalue weighted by molar-refractivity contribution is 5.61. The molecule has 3 aliphatic carbocycles. The van der Waals surface area contributed by atoms with E-state index in [1.54, 1.807) is 6.29 Å². The van der Waals surface area contributed by atoms with E-state index >= 15 is 0 Å². The smallest absolute Gasteiger partial charge is 0.126 e. The van der Waals surface area contributed by atoms with Crippen LogP contribution in [0.5, 0.6) is 0 Å². The summed E-state index contributed by atoms with van der Waals surface area (Å²) in [6.45, 7) is 0. The monoisotopic (exact) mass is 500 g/mol. The Morgan fingerprint density at radius 2 is 0.472 bits per heavy atom. The molecule has 1 nitrogen and oxygen atoms in total. The van der Waals surface area contributed by atoms with Crippen molar-refractivity contribution in [2.24, 2.45) is 23.2 Å². The summed E-state index contributed by atoms with van der Waals surface area (Å²) in [6.07, 6.45) is 43.5. The maximum Gasteiger partial charge on any atom is 0.126 e. The summed E-state index contributed by atoms with van der Waals surface area (Å²) in [6, 6.07) is 0. The van der Waals surface area contributed by atoms with Gasteiger partial charge in [-0.2, -0.15) is 0 Å². The SMILES string of the molecule is O=CC(C1CCCCCCCCCC1)(C1CCCCCCCCCC1)C1CCCCCCCCCC1. The third-order valence-corrected chi connectivity index (χ3v) is 10.9. The average Bonchev–Trinajstić information content (AvgIpc) is 3.04. The zero-order valence-electron chi connectivity index (χ0n) is 24.4. The Bertz CT molecular complexity index is 433. The van der Waals surface area contributed by atoms with E-state index in [2.05, 4.69) is 0 Å². The van der Waals surface area contributed by atoms with E-state index in [0.29, 0.717) is 17.8 Å². The fourth-order valence-electron chi connectivity index (χ4n) is 8.75. The molecule has 3 fully saturated rings. The number of hydrogen-bond donors (Lipinski definition) is 0. The second-order valence-electron chi connectivity index (χ2n) is 13.4. The zero-order chi connectivity index (χ0) is 25.2. The van der Waals surface area contributed by atoms with Crippen LogP contribution in [0.15, 0.2) is 0 Å². The van der Waals surface area contributed by atoms with Gasteiger partial charge >= 0.3 is 0 Å². The summed E-state index contributed by atoms with van der Waals surface area (Å²) < 4.78 is 0. The van der Waals surface area contributed by atoms with Crippen molar-refractivity contribution in [1.29, 1.82) is 0 Å². The minimum absolute atomic E-state index is 0.0316. The molecule has 0 amide bonds. The molecule has 0 spiro atoms. The Kier molecular flexibility index (Phi) is 15.8. The second-order valence-corrected chi connectivity index (χ2v) is 13.4. The maximum absolute atomic E-state index is 13.8. The molecule has 0 heterocycles.